The van der Waals surface area contributed by atoms with Crippen LogP contribution in [0.2, 0.25) is 0 Å². The number of aliphatic carboxylic acids is 1. The number of nitrogens with zero attached hydrogens (tertiary/aromatic N) is 8. The molecular weight excluding hydrogens is 799 g/mol. The van der Waals surface area contributed by atoms with Crippen molar-refractivity contribution in [2.24, 2.45) is 21.7 Å². The lowest BCUT2D eigenvalue weighted by Gasteiger charge is -2.70. The fraction of sp³-hybridized carbons (Fsp3) is 0.562. The Kier molecular flexibility index (Phi) is 11.5. The van der Waals surface area contributed by atoms with Crippen LogP contribution in [0.3, 0.4) is 0 Å². The number of aromatic nitrogens is 6. The van der Waals surface area contributed by atoms with Crippen LogP contribution in [0.25, 0.3) is 21.3 Å². The van der Waals surface area contributed by atoms with Crippen molar-refractivity contribution >= 4 is 56.1 Å². The molecule has 0 spiro atoms. The second-order valence-corrected chi connectivity index (χ2v) is 21.4. The van der Waals surface area contributed by atoms with E-state index in [4.69, 9.17) is 15.1 Å². The molecule has 10 rings (SSSR count). The maximum atomic E-state index is 13.0. The van der Waals surface area contributed by atoms with Gasteiger partial charge in [-0.1, -0.05) is 51.2 Å². The van der Waals surface area contributed by atoms with E-state index in [2.05, 4.69) is 61.1 Å². The van der Waals surface area contributed by atoms with Crippen molar-refractivity contribution in [3.8, 4) is 11.1 Å². The number of rotatable bonds is 14. The van der Waals surface area contributed by atoms with Gasteiger partial charge >= 0.3 is 11.9 Å². The number of quaternary nitrogens is 1. The van der Waals surface area contributed by atoms with E-state index in [1.807, 2.05) is 62.2 Å². The Morgan fingerprint density at radius 1 is 0.887 bits per heavy atom. The average molecular weight is 863 g/mol. The molecule has 0 amide bonds. The molecule has 4 fully saturated rings. The number of fused-ring (bicyclic) bond motifs is 2. The number of thiazole rings is 1. The zero-order valence-electron chi connectivity index (χ0n) is 37.8. The van der Waals surface area contributed by atoms with Crippen molar-refractivity contribution in [1.29, 1.82) is 0 Å². The summed E-state index contributed by atoms with van der Waals surface area (Å²) in [7, 11) is 4.32. The molecule has 0 radical (unpaired) electrons. The first-order valence-electron chi connectivity index (χ1n) is 22.5. The summed E-state index contributed by atoms with van der Waals surface area (Å²) in [5, 5.41) is 38.3. The highest BCUT2D eigenvalue weighted by atomic mass is 32.1. The number of benzene rings is 1. The van der Waals surface area contributed by atoms with Crippen LogP contribution < -0.4 is 10.2 Å². The van der Waals surface area contributed by atoms with E-state index >= 15 is 0 Å². The lowest BCUT2D eigenvalue weighted by molar-refractivity contribution is -0.890. The minimum absolute atomic E-state index is 0.000428. The van der Waals surface area contributed by atoms with Crippen LogP contribution in [0.15, 0.2) is 42.6 Å². The van der Waals surface area contributed by atoms with Crippen LogP contribution in [0.1, 0.15) is 119 Å². The number of aromatic carboxylic acids is 1. The normalized spacial score (nSPS) is 25.1. The molecule has 4 aromatic heterocycles. The summed E-state index contributed by atoms with van der Waals surface area (Å²) >= 11 is 1.57. The summed E-state index contributed by atoms with van der Waals surface area (Å²) in [6.07, 6.45) is 13.3. The summed E-state index contributed by atoms with van der Waals surface area (Å²) in [6.45, 7) is 16.2. The topological polar surface area (TPSA) is 159 Å². The smallest absolute Gasteiger partial charge is 0.355 e. The maximum absolute atomic E-state index is 13.0. The molecule has 5 heterocycles. The SMILES string of the molecule is CC.Cc1c(Nc2nc3ccccc3s2)nnc2c1CCCN2c1ccc(-c2cnn(CC34CC5(C)CC(C)(CC(CCC[N+](C)(C)CCC(=O)O)(C5)C3)C4)c2C)c(C(=O)O)n1. The summed E-state index contributed by atoms with van der Waals surface area (Å²) in [5.41, 5.74) is 6.26. The van der Waals surface area contributed by atoms with Gasteiger partial charge in [-0.15, -0.1) is 10.2 Å². The fourth-order valence-corrected chi connectivity index (χ4v) is 14.0. The number of pyridine rings is 1. The molecule has 1 aliphatic heterocycles. The Morgan fingerprint density at radius 2 is 1.61 bits per heavy atom. The summed E-state index contributed by atoms with van der Waals surface area (Å²) in [4.78, 5) is 35.8. The van der Waals surface area contributed by atoms with E-state index in [0.29, 0.717) is 36.1 Å². The maximum Gasteiger partial charge on any atom is 0.355 e. The van der Waals surface area contributed by atoms with Gasteiger partial charge in [0.15, 0.2) is 22.5 Å². The molecule has 4 bridgehead atoms. The van der Waals surface area contributed by atoms with Crippen LogP contribution in [0, 0.1) is 35.5 Å². The standard InChI is InChI=1S/C46H57N9O4S.C2H6/c1-29-31-11-9-18-53(40(31)52-51-39(29)50-42-48-34-12-7-8-13-35(34)60-42)36-15-14-32(38(49-36)41(58)59)33-21-47-54(30(33)2)28-46-25-43(3)22-44(4,26-46)24-45(23-43,27-46)17-10-19-55(5,6)20-16-37(56)57;1-2/h7-8,12-15,21H,9-11,16-20,22-28H2,1-6H3,(H2-,48,50,51,56,57,58,59);1-2H3/p+1. The molecule has 5 aliphatic rings. The first kappa shape index (κ1) is 43.7. The molecule has 5 aromatic rings. The van der Waals surface area contributed by atoms with E-state index in [0.717, 1.165) is 74.6 Å². The van der Waals surface area contributed by atoms with Crippen molar-refractivity contribution in [2.45, 2.75) is 119 Å². The molecule has 2 unspecified atom stereocenters. The van der Waals surface area contributed by atoms with Gasteiger partial charge in [-0.05, 0) is 124 Å². The minimum atomic E-state index is -1.08. The third-order valence-electron chi connectivity index (χ3n) is 14.4. The van der Waals surface area contributed by atoms with Gasteiger partial charge in [0.05, 0.1) is 50.0 Å². The molecule has 13 nitrogen and oxygen atoms in total. The Labute approximate surface area is 369 Å². The second-order valence-electron chi connectivity index (χ2n) is 20.3. The molecule has 1 aromatic carbocycles. The largest absolute Gasteiger partial charge is 0.481 e. The first-order valence-corrected chi connectivity index (χ1v) is 23.3. The molecule has 0 saturated heterocycles. The lowest BCUT2D eigenvalue weighted by atomic mass is 9.35. The molecular formula is C48H64N9O4S+. The van der Waals surface area contributed by atoms with Gasteiger partial charge in [0, 0.05) is 41.0 Å². The van der Waals surface area contributed by atoms with E-state index in [-0.39, 0.29) is 33.8 Å². The van der Waals surface area contributed by atoms with E-state index in [1.54, 1.807) is 11.3 Å². The monoisotopic (exact) mass is 862 g/mol. The minimum Gasteiger partial charge on any atom is -0.481 e. The predicted octanol–water partition coefficient (Wildman–Crippen LogP) is 10.2. The fourth-order valence-electron chi connectivity index (χ4n) is 13.1. The third kappa shape index (κ3) is 8.44. The number of carboxylic acids is 2. The van der Waals surface area contributed by atoms with E-state index in [9.17, 15) is 19.8 Å². The van der Waals surface area contributed by atoms with E-state index in [1.165, 1.54) is 44.9 Å². The van der Waals surface area contributed by atoms with Gasteiger partial charge in [0.25, 0.3) is 0 Å². The number of hydrogen-bond acceptors (Lipinski definition) is 10. The Morgan fingerprint density at radius 3 is 2.32 bits per heavy atom. The second kappa shape index (κ2) is 16.3. The van der Waals surface area contributed by atoms with Crippen molar-refractivity contribution in [2.75, 3.05) is 43.9 Å². The molecule has 2 atom stereocenters. The summed E-state index contributed by atoms with van der Waals surface area (Å²) in [6, 6.07) is 11.8. The number of para-hydroxylation sites is 1. The highest BCUT2D eigenvalue weighted by Crippen LogP contribution is 2.75. The van der Waals surface area contributed by atoms with Crippen molar-refractivity contribution in [3.05, 3.63) is 65.1 Å². The molecule has 4 aliphatic carbocycles. The van der Waals surface area contributed by atoms with Gasteiger partial charge < -0.3 is 24.9 Å². The highest BCUT2D eigenvalue weighted by Gasteiger charge is 2.65. The van der Waals surface area contributed by atoms with Crippen LogP contribution >= 0.6 is 11.3 Å². The van der Waals surface area contributed by atoms with Crippen LogP contribution in [-0.4, -0.2) is 90.3 Å². The lowest BCUT2D eigenvalue weighted by Crippen LogP contribution is -2.60. The predicted molar refractivity (Wildman–Crippen MR) is 246 cm³/mol. The van der Waals surface area contributed by atoms with Gasteiger partial charge in [0.2, 0.25) is 0 Å². The number of carbonyl (C=O) groups is 2. The van der Waals surface area contributed by atoms with Crippen LogP contribution in [-0.2, 0) is 17.8 Å². The van der Waals surface area contributed by atoms with Gasteiger partial charge in [0.1, 0.15) is 5.82 Å². The Bertz CT molecular complexity index is 2460. The average Bonchev–Trinajstić information content (AvgIpc) is 3.78. The quantitative estimate of drug-likeness (QED) is 0.0912. The van der Waals surface area contributed by atoms with Gasteiger partial charge in [-0.3, -0.25) is 9.48 Å². The Balaban J connectivity index is 0.00000261. The van der Waals surface area contributed by atoms with Crippen molar-refractivity contribution in [1.82, 2.24) is 29.9 Å². The zero-order chi connectivity index (χ0) is 44.2. The molecule has 330 valence electrons. The van der Waals surface area contributed by atoms with Crippen molar-refractivity contribution in [3.63, 3.8) is 0 Å². The number of hydrogen-bond donors (Lipinski definition) is 3. The molecule has 62 heavy (non-hydrogen) atoms. The highest BCUT2D eigenvalue weighted by molar-refractivity contribution is 7.22. The molecule has 14 heteroatoms. The number of carboxylic acid groups (broad SMARTS) is 2. The van der Waals surface area contributed by atoms with E-state index < -0.39 is 11.9 Å². The summed E-state index contributed by atoms with van der Waals surface area (Å²) in [5.74, 6) is 0.0889. The summed E-state index contributed by atoms with van der Waals surface area (Å²) < 4.78 is 3.98. The van der Waals surface area contributed by atoms with Gasteiger partial charge in [-0.2, -0.15) is 5.10 Å². The van der Waals surface area contributed by atoms with Crippen molar-refractivity contribution < 1.29 is 24.3 Å². The van der Waals surface area contributed by atoms with Crippen LogP contribution in [0.5, 0.6) is 0 Å². The Hall–Kier alpha value is -4.95. The van der Waals surface area contributed by atoms with Gasteiger partial charge in [-0.25, -0.2) is 14.8 Å². The number of anilines is 4. The first-order chi connectivity index (χ1) is 29.5. The molecule has 3 N–H and O–H groups in total. The number of nitrogens with one attached hydrogen (secondary N) is 1. The molecule has 4 saturated carbocycles. The third-order valence-corrected chi connectivity index (χ3v) is 15.3. The zero-order valence-corrected chi connectivity index (χ0v) is 38.7. The van der Waals surface area contributed by atoms with Crippen LogP contribution in [0.4, 0.5) is 22.6 Å².